The molecule has 1 aliphatic carbocycles. The summed E-state index contributed by atoms with van der Waals surface area (Å²) < 4.78 is 32.9. The average Bonchev–Trinajstić information content (AvgIpc) is 3.40. The Balaban J connectivity index is 1.45. The van der Waals surface area contributed by atoms with Gasteiger partial charge >= 0.3 is 0 Å². The van der Waals surface area contributed by atoms with Gasteiger partial charge in [-0.05, 0) is 50.3 Å². The zero-order chi connectivity index (χ0) is 26.4. The van der Waals surface area contributed by atoms with Crippen LogP contribution in [0.1, 0.15) is 58.3 Å². The number of carbonyl (C=O) groups excluding carboxylic acids is 3. The molecule has 2 N–H and O–H groups in total. The van der Waals surface area contributed by atoms with Gasteiger partial charge in [-0.2, -0.15) is 4.31 Å². The molecule has 4 atom stereocenters. The van der Waals surface area contributed by atoms with Crippen molar-refractivity contribution < 1.29 is 27.5 Å². The van der Waals surface area contributed by atoms with Gasteiger partial charge in [0.05, 0.1) is 19.2 Å². The third-order valence-electron chi connectivity index (χ3n) is 7.46. The summed E-state index contributed by atoms with van der Waals surface area (Å²) in [5.74, 6) is -0.873. The van der Waals surface area contributed by atoms with Crippen LogP contribution in [-0.2, 0) is 29.1 Å². The number of nitrogens with zero attached hydrogens (tertiary/aromatic N) is 2. The lowest BCUT2D eigenvalue weighted by Crippen LogP contribution is -2.54. The molecule has 0 radical (unpaired) electrons. The lowest BCUT2D eigenvalue weighted by Gasteiger charge is -2.28. The second kappa shape index (κ2) is 12.3. The summed E-state index contributed by atoms with van der Waals surface area (Å²) in [6, 6.07) is 2.53. The van der Waals surface area contributed by atoms with Crippen molar-refractivity contribution in [3.05, 3.63) is 36.5 Å². The van der Waals surface area contributed by atoms with E-state index in [0.29, 0.717) is 31.8 Å². The van der Waals surface area contributed by atoms with Gasteiger partial charge in [-0.1, -0.05) is 44.2 Å². The highest BCUT2D eigenvalue weighted by atomic mass is 32.2. The van der Waals surface area contributed by atoms with Crippen LogP contribution in [-0.4, -0.2) is 72.7 Å². The molecule has 0 spiro atoms. The molecule has 4 rings (SSSR count). The molecule has 1 aromatic rings. The number of carbonyl (C=O) groups is 3. The van der Waals surface area contributed by atoms with Crippen molar-refractivity contribution in [2.24, 2.45) is 5.92 Å². The Morgan fingerprint density at radius 3 is 2.62 bits per heavy atom. The third-order valence-corrected chi connectivity index (χ3v) is 9.34. The maximum atomic E-state index is 13.4. The van der Waals surface area contributed by atoms with Gasteiger partial charge in [0.15, 0.2) is 16.9 Å². The zero-order valence-electron chi connectivity index (χ0n) is 21.2. The molecular formula is C26H36N4O6S. The maximum absolute atomic E-state index is 13.4. The van der Waals surface area contributed by atoms with Crippen molar-refractivity contribution in [2.75, 3.05) is 13.2 Å². The molecule has 1 saturated carbocycles. The number of pyridine rings is 1. The van der Waals surface area contributed by atoms with E-state index in [9.17, 15) is 22.8 Å². The normalized spacial score (nSPS) is 26.4. The number of Topliss-reactive ketones (excluding diaryl/α,β-unsaturated/α-hetero) is 1. The van der Waals surface area contributed by atoms with Gasteiger partial charge in [-0.15, -0.1) is 0 Å². The van der Waals surface area contributed by atoms with Gasteiger partial charge in [0.25, 0.3) is 15.9 Å². The first-order valence-electron chi connectivity index (χ1n) is 13.1. The van der Waals surface area contributed by atoms with Crippen LogP contribution >= 0.6 is 0 Å². The van der Waals surface area contributed by atoms with Crippen molar-refractivity contribution in [3.8, 4) is 0 Å². The number of sulfonamides is 1. The fraction of sp³-hybridized carbons (Fsp3) is 0.615. The Labute approximate surface area is 218 Å². The summed E-state index contributed by atoms with van der Waals surface area (Å²) in [5.41, 5.74) is 0. The number of ketones is 1. The van der Waals surface area contributed by atoms with Crippen molar-refractivity contribution >= 4 is 27.6 Å². The van der Waals surface area contributed by atoms with E-state index in [4.69, 9.17) is 4.74 Å². The van der Waals surface area contributed by atoms with Crippen LogP contribution in [0.4, 0.5) is 0 Å². The molecule has 2 amide bonds. The highest BCUT2D eigenvalue weighted by molar-refractivity contribution is 7.89. The van der Waals surface area contributed by atoms with Gasteiger partial charge in [-0.25, -0.2) is 13.4 Å². The molecule has 0 aromatic carbocycles. The second-order valence-corrected chi connectivity index (χ2v) is 12.0. The van der Waals surface area contributed by atoms with Crippen LogP contribution in [0.3, 0.4) is 0 Å². The largest absolute Gasteiger partial charge is 0.360 e. The minimum Gasteiger partial charge on any atom is -0.360 e. The van der Waals surface area contributed by atoms with E-state index in [1.807, 2.05) is 0 Å². The molecule has 1 saturated heterocycles. The SMILES string of the molecule is C[C@@H]1CC[C@H](NC(=O)[C@H](CC2CCCCC2)NC(=O)C2C=CCO2)C(=O)CN1S(=O)(=O)c1ccccn1. The van der Waals surface area contributed by atoms with Crippen LogP contribution in [0, 0.1) is 5.92 Å². The Bertz CT molecular complexity index is 1100. The quantitative estimate of drug-likeness (QED) is 0.487. The van der Waals surface area contributed by atoms with Gasteiger partial charge in [0.1, 0.15) is 6.04 Å². The van der Waals surface area contributed by atoms with Crippen LogP contribution in [0.5, 0.6) is 0 Å². The first kappa shape index (κ1) is 27.4. The molecule has 202 valence electrons. The van der Waals surface area contributed by atoms with E-state index in [2.05, 4.69) is 15.6 Å². The lowest BCUT2D eigenvalue weighted by molar-refractivity contribution is -0.135. The molecular weight excluding hydrogens is 496 g/mol. The van der Waals surface area contributed by atoms with E-state index in [0.717, 1.165) is 30.0 Å². The Morgan fingerprint density at radius 1 is 1.16 bits per heavy atom. The third kappa shape index (κ3) is 6.82. The van der Waals surface area contributed by atoms with Crippen LogP contribution in [0.25, 0.3) is 0 Å². The average molecular weight is 533 g/mol. The second-order valence-electron chi connectivity index (χ2n) is 10.2. The highest BCUT2D eigenvalue weighted by Crippen LogP contribution is 2.28. The highest BCUT2D eigenvalue weighted by Gasteiger charge is 2.38. The number of aromatic nitrogens is 1. The molecule has 3 heterocycles. The van der Waals surface area contributed by atoms with Gasteiger partial charge < -0.3 is 15.4 Å². The fourth-order valence-electron chi connectivity index (χ4n) is 5.30. The topological polar surface area (TPSA) is 135 Å². The minimum absolute atomic E-state index is 0.115. The molecule has 10 nitrogen and oxygen atoms in total. The van der Waals surface area contributed by atoms with Crippen LogP contribution in [0.2, 0.25) is 0 Å². The van der Waals surface area contributed by atoms with E-state index in [1.165, 1.54) is 18.7 Å². The standard InChI is InChI=1S/C26H36N4O6S/c1-18-12-13-20(22(31)17-30(18)37(34,35)24-11-5-6-14-27-24)28-25(32)21(16-19-8-3-2-4-9-19)29-26(33)23-10-7-15-36-23/h5-7,10-11,14,18-21,23H,2-4,8-9,12-13,15-17H2,1H3,(H,28,32)(H,29,33)/t18-,20+,21+,23?/m1/s1. The molecule has 3 aliphatic rings. The first-order valence-corrected chi connectivity index (χ1v) is 14.5. The minimum atomic E-state index is -3.97. The number of amides is 2. The number of ether oxygens (including phenoxy) is 1. The summed E-state index contributed by atoms with van der Waals surface area (Å²) in [5, 5.41) is 5.55. The number of hydrogen-bond donors (Lipinski definition) is 2. The zero-order valence-corrected chi connectivity index (χ0v) is 22.0. The van der Waals surface area contributed by atoms with Crippen LogP contribution < -0.4 is 10.6 Å². The Morgan fingerprint density at radius 2 is 1.95 bits per heavy atom. The predicted octanol–water partition coefficient (Wildman–Crippen LogP) is 1.72. The first-order chi connectivity index (χ1) is 17.8. The molecule has 2 fully saturated rings. The van der Waals surface area contributed by atoms with Gasteiger partial charge in [-0.3, -0.25) is 14.4 Å². The molecule has 37 heavy (non-hydrogen) atoms. The van der Waals surface area contributed by atoms with E-state index < -0.39 is 40.2 Å². The fourth-order valence-corrected chi connectivity index (χ4v) is 6.86. The lowest BCUT2D eigenvalue weighted by atomic mass is 9.84. The molecule has 2 aliphatic heterocycles. The molecule has 11 heteroatoms. The van der Waals surface area contributed by atoms with E-state index >= 15 is 0 Å². The van der Waals surface area contributed by atoms with E-state index in [-0.39, 0.29) is 23.3 Å². The number of hydrogen-bond acceptors (Lipinski definition) is 7. The number of rotatable bonds is 8. The summed E-state index contributed by atoms with van der Waals surface area (Å²) in [6.45, 7) is 1.74. The van der Waals surface area contributed by atoms with Crippen molar-refractivity contribution in [1.29, 1.82) is 0 Å². The van der Waals surface area contributed by atoms with Gasteiger partial charge in [0.2, 0.25) is 5.91 Å². The predicted molar refractivity (Wildman–Crippen MR) is 136 cm³/mol. The summed E-state index contributed by atoms with van der Waals surface area (Å²) in [7, 11) is -3.97. The van der Waals surface area contributed by atoms with Crippen molar-refractivity contribution in [3.63, 3.8) is 0 Å². The Kier molecular flexibility index (Phi) is 9.09. The smallest absolute Gasteiger partial charge is 0.261 e. The number of nitrogens with one attached hydrogen (secondary N) is 2. The van der Waals surface area contributed by atoms with E-state index in [1.54, 1.807) is 31.2 Å². The molecule has 1 aromatic heterocycles. The van der Waals surface area contributed by atoms with Crippen molar-refractivity contribution in [2.45, 2.75) is 87.5 Å². The summed E-state index contributed by atoms with van der Waals surface area (Å²) in [4.78, 5) is 43.3. The summed E-state index contributed by atoms with van der Waals surface area (Å²) >= 11 is 0. The van der Waals surface area contributed by atoms with Crippen molar-refractivity contribution in [1.82, 2.24) is 19.9 Å². The monoisotopic (exact) mass is 532 g/mol. The molecule has 1 unspecified atom stereocenters. The van der Waals surface area contributed by atoms with Gasteiger partial charge in [0, 0.05) is 12.2 Å². The maximum Gasteiger partial charge on any atom is 0.261 e. The molecule has 0 bridgehead atoms. The summed E-state index contributed by atoms with van der Waals surface area (Å²) in [6.07, 6.45) is 10.6. The Hall–Kier alpha value is -2.63. The van der Waals surface area contributed by atoms with Crippen LogP contribution in [0.15, 0.2) is 41.6 Å².